The monoisotopic (exact) mass is 405 g/mol. The van der Waals surface area contributed by atoms with Gasteiger partial charge in [0, 0.05) is 11.8 Å². The van der Waals surface area contributed by atoms with Crippen LogP contribution in [0, 0.1) is 12.8 Å². The SMILES string of the molecule is Cc1cc(NC(c2ccc(S(F)(F)(F)(F)F)cc2)C2CC2)n2ncnc2n1. The average Bonchev–Trinajstić information content (AvgIpc) is 3.28. The fourth-order valence-electron chi connectivity index (χ4n) is 3.03. The highest BCUT2D eigenvalue weighted by Gasteiger charge is 2.65. The van der Waals surface area contributed by atoms with Crippen LogP contribution in [0.4, 0.5) is 25.2 Å². The van der Waals surface area contributed by atoms with Crippen LogP contribution in [0.3, 0.4) is 0 Å². The quantitative estimate of drug-likeness (QED) is 0.557. The predicted molar refractivity (Wildman–Crippen MR) is 92.4 cm³/mol. The van der Waals surface area contributed by atoms with Crippen LogP contribution in [0.5, 0.6) is 0 Å². The molecule has 0 saturated heterocycles. The number of nitrogens with one attached hydrogen (secondary N) is 1. The van der Waals surface area contributed by atoms with Crippen LogP contribution in [0.25, 0.3) is 5.78 Å². The Morgan fingerprint density at radius 2 is 1.78 bits per heavy atom. The first-order valence-electron chi connectivity index (χ1n) is 8.19. The molecule has 4 rings (SSSR count). The molecule has 0 radical (unpaired) electrons. The molecule has 5 nitrogen and oxygen atoms in total. The molecule has 1 atom stereocenters. The van der Waals surface area contributed by atoms with E-state index in [2.05, 4.69) is 20.4 Å². The normalized spacial score (nSPS) is 18.7. The zero-order valence-electron chi connectivity index (χ0n) is 14.1. The summed E-state index contributed by atoms with van der Waals surface area (Å²) in [6.07, 6.45) is 3.14. The number of halogens is 5. The molecule has 0 spiro atoms. The van der Waals surface area contributed by atoms with Crippen molar-refractivity contribution in [3.05, 3.63) is 47.9 Å². The second-order valence-corrected chi connectivity index (χ2v) is 9.16. The van der Waals surface area contributed by atoms with E-state index in [1.807, 2.05) is 0 Å². The van der Waals surface area contributed by atoms with Crippen molar-refractivity contribution in [2.45, 2.75) is 30.7 Å². The molecule has 0 bridgehead atoms. The van der Waals surface area contributed by atoms with Gasteiger partial charge in [0.15, 0.2) is 0 Å². The third-order valence-corrected chi connectivity index (χ3v) is 5.62. The molecular weight excluding hydrogens is 389 g/mol. The number of aryl methyl sites for hydroxylation is 1. The van der Waals surface area contributed by atoms with E-state index < -0.39 is 15.1 Å². The summed E-state index contributed by atoms with van der Waals surface area (Å²) in [4.78, 5) is 6.38. The number of anilines is 1. The Kier molecular flexibility index (Phi) is 3.39. The Morgan fingerprint density at radius 3 is 2.37 bits per heavy atom. The molecule has 3 aromatic rings. The van der Waals surface area contributed by atoms with Crippen molar-refractivity contribution in [3.8, 4) is 0 Å². The van der Waals surface area contributed by atoms with E-state index in [-0.39, 0.29) is 12.0 Å². The maximum atomic E-state index is 12.9. The van der Waals surface area contributed by atoms with Crippen molar-refractivity contribution >= 4 is 21.8 Å². The van der Waals surface area contributed by atoms with Crippen LogP contribution < -0.4 is 5.32 Å². The third-order valence-electron chi connectivity index (χ3n) is 4.46. The predicted octanol–water partition coefficient (Wildman–Crippen LogP) is 5.65. The highest BCUT2D eigenvalue weighted by atomic mass is 32.5. The third kappa shape index (κ3) is 3.68. The zero-order chi connectivity index (χ0) is 19.5. The molecular formula is C16H16F5N5S. The minimum absolute atomic E-state index is 0.197. The van der Waals surface area contributed by atoms with Crippen molar-refractivity contribution in [2.75, 3.05) is 5.32 Å². The van der Waals surface area contributed by atoms with Crippen molar-refractivity contribution < 1.29 is 19.4 Å². The Morgan fingerprint density at radius 1 is 1.11 bits per heavy atom. The zero-order valence-corrected chi connectivity index (χ0v) is 14.9. The van der Waals surface area contributed by atoms with Gasteiger partial charge in [0.25, 0.3) is 5.78 Å². The van der Waals surface area contributed by atoms with Gasteiger partial charge in [0.1, 0.15) is 17.0 Å². The minimum atomic E-state index is -9.67. The molecule has 1 unspecified atom stereocenters. The molecule has 1 saturated carbocycles. The maximum absolute atomic E-state index is 12.9. The highest BCUT2D eigenvalue weighted by Crippen LogP contribution is 3.02. The summed E-state index contributed by atoms with van der Waals surface area (Å²) in [5.41, 5.74) is 1.20. The van der Waals surface area contributed by atoms with Gasteiger partial charge in [0.05, 0.1) is 6.04 Å². The molecule has 27 heavy (non-hydrogen) atoms. The summed E-state index contributed by atoms with van der Waals surface area (Å²) in [6, 6.07) is 4.55. The standard InChI is InChI=1S/C16H16F5N5S/c1-10-8-14(26-16(24-10)22-9-23-26)25-15(11-2-3-11)12-4-6-13(7-5-12)27(17,18,19,20)21/h4-9,11,15,25H,2-3H2,1H3. The van der Waals surface area contributed by atoms with E-state index in [9.17, 15) is 19.4 Å². The lowest BCUT2D eigenvalue weighted by atomic mass is 10.0. The van der Waals surface area contributed by atoms with Gasteiger partial charge in [0.2, 0.25) is 0 Å². The van der Waals surface area contributed by atoms with Crippen LogP contribution in [-0.2, 0) is 0 Å². The lowest BCUT2D eigenvalue weighted by Crippen LogP contribution is -2.16. The van der Waals surface area contributed by atoms with Gasteiger partial charge in [-0.3, -0.25) is 0 Å². The molecule has 1 fully saturated rings. The van der Waals surface area contributed by atoms with Crippen LogP contribution in [0.1, 0.15) is 30.1 Å². The van der Waals surface area contributed by atoms with Gasteiger partial charge >= 0.3 is 10.2 Å². The molecule has 11 heteroatoms. The summed E-state index contributed by atoms with van der Waals surface area (Å²) >= 11 is 0. The van der Waals surface area contributed by atoms with Crippen molar-refractivity contribution in [1.82, 2.24) is 19.6 Å². The van der Waals surface area contributed by atoms with Crippen molar-refractivity contribution in [3.63, 3.8) is 0 Å². The topological polar surface area (TPSA) is 55.1 Å². The lowest BCUT2D eigenvalue weighted by Gasteiger charge is -2.40. The van der Waals surface area contributed by atoms with E-state index in [0.717, 1.165) is 25.0 Å². The molecule has 1 aliphatic rings. The van der Waals surface area contributed by atoms with Gasteiger partial charge in [-0.25, -0.2) is 4.98 Å². The second kappa shape index (κ2) is 5.09. The average molecular weight is 405 g/mol. The number of fused-ring (bicyclic) bond motifs is 1. The van der Waals surface area contributed by atoms with Gasteiger partial charge in [-0.1, -0.05) is 31.6 Å². The molecule has 1 N–H and O–H groups in total. The lowest BCUT2D eigenvalue weighted by molar-refractivity contribution is 0.364. The van der Waals surface area contributed by atoms with Gasteiger partial charge < -0.3 is 5.32 Å². The number of hydrogen-bond acceptors (Lipinski definition) is 4. The molecule has 0 aliphatic heterocycles. The maximum Gasteiger partial charge on any atom is 0.310 e. The first-order chi connectivity index (χ1) is 12.4. The van der Waals surface area contributed by atoms with E-state index in [1.165, 1.54) is 10.8 Å². The Labute approximate surface area is 151 Å². The molecule has 2 heterocycles. The van der Waals surface area contributed by atoms with E-state index in [4.69, 9.17) is 0 Å². The van der Waals surface area contributed by atoms with Gasteiger partial charge in [-0.2, -0.15) is 14.6 Å². The summed E-state index contributed by atoms with van der Waals surface area (Å²) < 4.78 is 66.2. The van der Waals surface area contributed by atoms with E-state index in [1.54, 1.807) is 13.0 Å². The number of hydrogen-bond donors (Lipinski definition) is 1. The molecule has 0 amide bonds. The Balaban J connectivity index is 1.69. The van der Waals surface area contributed by atoms with E-state index in [0.29, 0.717) is 35.0 Å². The largest absolute Gasteiger partial charge is 0.363 e. The molecule has 146 valence electrons. The first-order valence-corrected chi connectivity index (χ1v) is 10.1. The molecule has 1 aromatic carbocycles. The fraction of sp³-hybridized carbons (Fsp3) is 0.312. The molecule has 1 aliphatic carbocycles. The van der Waals surface area contributed by atoms with Crippen LogP contribution in [0.15, 0.2) is 41.6 Å². The Bertz CT molecular complexity index is 1010. The number of aromatic nitrogens is 4. The first kappa shape index (κ1) is 18.0. The van der Waals surface area contributed by atoms with E-state index >= 15 is 0 Å². The highest BCUT2D eigenvalue weighted by molar-refractivity contribution is 8.45. The summed E-state index contributed by atoms with van der Waals surface area (Å²) in [7, 11) is -9.67. The summed E-state index contributed by atoms with van der Waals surface area (Å²) in [6.45, 7) is 1.79. The van der Waals surface area contributed by atoms with Crippen LogP contribution >= 0.6 is 10.2 Å². The van der Waals surface area contributed by atoms with Crippen LogP contribution in [-0.4, -0.2) is 19.6 Å². The Hall–Kier alpha value is -2.43. The number of nitrogens with zero attached hydrogens (tertiary/aromatic N) is 4. The van der Waals surface area contributed by atoms with Gasteiger partial charge in [-0.05, 0) is 43.4 Å². The van der Waals surface area contributed by atoms with Gasteiger partial charge in [-0.15, -0.1) is 0 Å². The second-order valence-electron chi connectivity index (χ2n) is 6.75. The fourth-order valence-corrected chi connectivity index (χ4v) is 3.68. The number of rotatable bonds is 5. The minimum Gasteiger partial charge on any atom is -0.363 e. The van der Waals surface area contributed by atoms with Crippen molar-refractivity contribution in [1.29, 1.82) is 0 Å². The number of benzene rings is 1. The summed E-state index contributed by atoms with van der Waals surface area (Å²) in [5.74, 6) is 1.18. The van der Waals surface area contributed by atoms with Crippen molar-refractivity contribution in [2.24, 2.45) is 5.92 Å². The molecule has 2 aromatic heterocycles. The summed E-state index contributed by atoms with van der Waals surface area (Å²) in [5, 5.41) is 7.35. The smallest absolute Gasteiger partial charge is 0.310 e. The van der Waals surface area contributed by atoms with Crippen LogP contribution in [0.2, 0.25) is 0 Å².